The molecule has 0 aliphatic heterocycles. The van der Waals surface area contributed by atoms with E-state index in [1.165, 1.54) is 19.3 Å². The molecule has 0 bridgehead atoms. The minimum Gasteiger partial charge on any atom is -0.370 e. The summed E-state index contributed by atoms with van der Waals surface area (Å²) >= 11 is 0. The minimum absolute atomic E-state index is 0.507. The molecule has 0 amide bonds. The van der Waals surface area contributed by atoms with Crippen molar-refractivity contribution in [2.24, 2.45) is 5.92 Å². The molecule has 1 unspecified atom stereocenters. The summed E-state index contributed by atoms with van der Waals surface area (Å²) in [5.41, 5.74) is 0. The summed E-state index contributed by atoms with van der Waals surface area (Å²) in [6, 6.07) is 2.54. The standard InChI is InChI=1S/C15H26N4/c1-4-9-16-14-10-15(19-13(5-2)18-14)17-11(3)12-7-6-8-12/h10-12H,4-9H2,1-3H3,(H2,16,17,18,19). The predicted molar refractivity (Wildman–Crippen MR) is 80.6 cm³/mol. The first-order valence-corrected chi connectivity index (χ1v) is 7.61. The van der Waals surface area contributed by atoms with E-state index in [4.69, 9.17) is 0 Å². The molecule has 2 N–H and O–H groups in total. The summed E-state index contributed by atoms with van der Waals surface area (Å²) in [5, 5.41) is 6.89. The molecule has 106 valence electrons. The van der Waals surface area contributed by atoms with E-state index in [1.54, 1.807) is 0 Å². The van der Waals surface area contributed by atoms with Crippen LogP contribution in [-0.4, -0.2) is 22.6 Å². The van der Waals surface area contributed by atoms with Crippen molar-refractivity contribution in [3.63, 3.8) is 0 Å². The monoisotopic (exact) mass is 262 g/mol. The van der Waals surface area contributed by atoms with Gasteiger partial charge in [-0.25, -0.2) is 9.97 Å². The highest BCUT2D eigenvalue weighted by atomic mass is 15.1. The molecule has 1 aliphatic carbocycles. The zero-order chi connectivity index (χ0) is 13.7. The second-order valence-corrected chi connectivity index (χ2v) is 5.46. The first-order valence-electron chi connectivity index (χ1n) is 7.61. The van der Waals surface area contributed by atoms with E-state index in [1.807, 2.05) is 6.07 Å². The third kappa shape index (κ3) is 3.82. The highest BCUT2D eigenvalue weighted by Crippen LogP contribution is 2.30. The van der Waals surface area contributed by atoms with E-state index in [0.717, 1.165) is 42.8 Å². The summed E-state index contributed by atoms with van der Waals surface area (Å²) in [5.74, 6) is 3.62. The summed E-state index contributed by atoms with van der Waals surface area (Å²) in [4.78, 5) is 9.09. The van der Waals surface area contributed by atoms with Gasteiger partial charge in [0.15, 0.2) is 0 Å². The van der Waals surface area contributed by atoms with Gasteiger partial charge in [0.2, 0.25) is 0 Å². The fourth-order valence-electron chi connectivity index (χ4n) is 2.36. The van der Waals surface area contributed by atoms with Crippen molar-refractivity contribution in [3.8, 4) is 0 Å². The van der Waals surface area contributed by atoms with Crippen molar-refractivity contribution in [2.45, 2.75) is 58.9 Å². The Morgan fingerprint density at radius 2 is 2.00 bits per heavy atom. The molecule has 1 atom stereocenters. The van der Waals surface area contributed by atoms with Crippen LogP contribution in [0.2, 0.25) is 0 Å². The molecule has 4 heteroatoms. The van der Waals surface area contributed by atoms with Gasteiger partial charge in [0.1, 0.15) is 17.5 Å². The van der Waals surface area contributed by atoms with Gasteiger partial charge in [0, 0.05) is 25.1 Å². The first-order chi connectivity index (χ1) is 9.22. The second kappa shape index (κ2) is 6.73. The maximum Gasteiger partial charge on any atom is 0.132 e. The highest BCUT2D eigenvalue weighted by Gasteiger charge is 2.24. The van der Waals surface area contributed by atoms with Gasteiger partial charge in [-0.2, -0.15) is 0 Å². The molecule has 1 aromatic heterocycles. The summed E-state index contributed by atoms with van der Waals surface area (Å²) in [6.07, 6.45) is 6.05. The Kier molecular flexibility index (Phi) is 5.00. The Bertz CT molecular complexity index is 401. The number of nitrogens with zero attached hydrogens (tertiary/aromatic N) is 2. The summed E-state index contributed by atoms with van der Waals surface area (Å²) in [7, 11) is 0. The lowest BCUT2D eigenvalue weighted by Gasteiger charge is -2.32. The molecular formula is C15H26N4. The van der Waals surface area contributed by atoms with Gasteiger partial charge in [0.05, 0.1) is 0 Å². The molecule has 2 rings (SSSR count). The molecule has 19 heavy (non-hydrogen) atoms. The SMILES string of the molecule is CCCNc1cc(NC(C)C2CCC2)nc(CC)n1. The number of nitrogens with one attached hydrogen (secondary N) is 2. The van der Waals surface area contributed by atoms with Crippen LogP contribution in [0, 0.1) is 5.92 Å². The van der Waals surface area contributed by atoms with Crippen molar-refractivity contribution < 1.29 is 0 Å². The molecule has 0 radical (unpaired) electrons. The number of hydrogen-bond acceptors (Lipinski definition) is 4. The molecule has 1 aliphatic rings. The lowest BCUT2D eigenvalue weighted by atomic mass is 9.80. The number of aryl methyl sites for hydroxylation is 1. The number of hydrogen-bond donors (Lipinski definition) is 2. The Labute approximate surface area is 116 Å². The molecule has 4 nitrogen and oxygen atoms in total. The van der Waals surface area contributed by atoms with Gasteiger partial charge in [-0.3, -0.25) is 0 Å². The van der Waals surface area contributed by atoms with E-state index in [0.29, 0.717) is 6.04 Å². The molecule has 1 fully saturated rings. The Morgan fingerprint density at radius 1 is 1.26 bits per heavy atom. The molecule has 0 spiro atoms. The van der Waals surface area contributed by atoms with E-state index in [2.05, 4.69) is 41.4 Å². The molecule has 0 saturated heterocycles. The van der Waals surface area contributed by atoms with Crippen LogP contribution in [0.3, 0.4) is 0 Å². The van der Waals surface area contributed by atoms with Crippen LogP contribution in [0.1, 0.15) is 52.3 Å². The molecule has 1 heterocycles. The third-order valence-electron chi connectivity index (χ3n) is 3.88. The fourth-order valence-corrected chi connectivity index (χ4v) is 2.36. The molecule has 1 aromatic rings. The average molecular weight is 262 g/mol. The molecule has 0 aromatic carbocycles. The van der Waals surface area contributed by atoms with Crippen molar-refractivity contribution in [1.29, 1.82) is 0 Å². The predicted octanol–water partition coefficient (Wildman–Crippen LogP) is 3.46. The van der Waals surface area contributed by atoms with Crippen LogP contribution in [0.25, 0.3) is 0 Å². The van der Waals surface area contributed by atoms with Crippen LogP contribution in [-0.2, 0) is 6.42 Å². The van der Waals surface area contributed by atoms with Crippen LogP contribution in [0.15, 0.2) is 6.07 Å². The van der Waals surface area contributed by atoms with Crippen LogP contribution >= 0.6 is 0 Å². The zero-order valence-electron chi connectivity index (χ0n) is 12.4. The lowest BCUT2D eigenvalue weighted by Crippen LogP contribution is -2.31. The topological polar surface area (TPSA) is 49.8 Å². The minimum atomic E-state index is 0.507. The molecular weight excluding hydrogens is 236 g/mol. The Hall–Kier alpha value is -1.32. The van der Waals surface area contributed by atoms with E-state index in [9.17, 15) is 0 Å². The maximum absolute atomic E-state index is 4.58. The van der Waals surface area contributed by atoms with Crippen molar-refractivity contribution in [3.05, 3.63) is 11.9 Å². The van der Waals surface area contributed by atoms with Crippen LogP contribution < -0.4 is 10.6 Å². The smallest absolute Gasteiger partial charge is 0.132 e. The zero-order valence-corrected chi connectivity index (χ0v) is 12.4. The quantitative estimate of drug-likeness (QED) is 0.790. The highest BCUT2D eigenvalue weighted by molar-refractivity contribution is 5.48. The van der Waals surface area contributed by atoms with Crippen molar-refractivity contribution in [2.75, 3.05) is 17.2 Å². The van der Waals surface area contributed by atoms with Gasteiger partial charge in [-0.15, -0.1) is 0 Å². The normalized spacial score (nSPS) is 16.8. The maximum atomic E-state index is 4.58. The Morgan fingerprint density at radius 3 is 2.58 bits per heavy atom. The van der Waals surface area contributed by atoms with Crippen LogP contribution in [0.5, 0.6) is 0 Å². The van der Waals surface area contributed by atoms with Gasteiger partial charge < -0.3 is 10.6 Å². The average Bonchev–Trinajstić information content (AvgIpc) is 2.33. The Balaban J connectivity index is 2.04. The largest absolute Gasteiger partial charge is 0.370 e. The van der Waals surface area contributed by atoms with Crippen molar-refractivity contribution >= 4 is 11.6 Å². The van der Waals surface area contributed by atoms with Crippen LogP contribution in [0.4, 0.5) is 11.6 Å². The third-order valence-corrected chi connectivity index (χ3v) is 3.88. The van der Waals surface area contributed by atoms with E-state index >= 15 is 0 Å². The van der Waals surface area contributed by atoms with E-state index < -0.39 is 0 Å². The fraction of sp³-hybridized carbons (Fsp3) is 0.733. The second-order valence-electron chi connectivity index (χ2n) is 5.46. The molecule has 1 saturated carbocycles. The van der Waals surface area contributed by atoms with Gasteiger partial charge >= 0.3 is 0 Å². The lowest BCUT2D eigenvalue weighted by molar-refractivity contribution is 0.285. The van der Waals surface area contributed by atoms with Gasteiger partial charge in [0.25, 0.3) is 0 Å². The van der Waals surface area contributed by atoms with Gasteiger partial charge in [-0.1, -0.05) is 20.3 Å². The summed E-state index contributed by atoms with van der Waals surface area (Å²) in [6.45, 7) is 7.47. The van der Waals surface area contributed by atoms with Gasteiger partial charge in [-0.05, 0) is 32.1 Å². The number of aromatic nitrogens is 2. The first kappa shape index (κ1) is 14.1. The summed E-state index contributed by atoms with van der Waals surface area (Å²) < 4.78 is 0. The van der Waals surface area contributed by atoms with E-state index in [-0.39, 0.29) is 0 Å². The number of rotatable bonds is 7. The van der Waals surface area contributed by atoms with Crippen molar-refractivity contribution in [1.82, 2.24) is 9.97 Å². The number of anilines is 2.